The lowest BCUT2D eigenvalue weighted by Gasteiger charge is -2.48. The van der Waals surface area contributed by atoms with Crippen molar-refractivity contribution in [2.75, 3.05) is 13.1 Å². The fourth-order valence-electron chi connectivity index (χ4n) is 4.61. The number of fused-ring (bicyclic) bond motifs is 3. The lowest BCUT2D eigenvalue weighted by molar-refractivity contribution is -0.137. The van der Waals surface area contributed by atoms with Crippen LogP contribution in [0.25, 0.3) is 0 Å². The van der Waals surface area contributed by atoms with Gasteiger partial charge in [-0.1, -0.05) is 53.5 Å². The van der Waals surface area contributed by atoms with E-state index in [-0.39, 0.29) is 35.1 Å². The molecule has 168 valence electrons. The van der Waals surface area contributed by atoms with Gasteiger partial charge in [-0.2, -0.15) is 13.2 Å². The molecule has 2 unspecified atom stereocenters. The van der Waals surface area contributed by atoms with E-state index in [9.17, 15) is 18.0 Å². The van der Waals surface area contributed by atoms with E-state index < -0.39 is 22.7 Å². The molecule has 9 heteroatoms. The number of alkyl halides is 3. The molecule has 0 saturated carbocycles. The van der Waals surface area contributed by atoms with Crippen molar-refractivity contribution in [3.05, 3.63) is 69.2 Å². The summed E-state index contributed by atoms with van der Waals surface area (Å²) in [6.45, 7) is 1.92. The van der Waals surface area contributed by atoms with Crippen LogP contribution in [-0.4, -0.2) is 29.9 Å². The van der Waals surface area contributed by atoms with Crippen molar-refractivity contribution in [2.45, 2.75) is 37.5 Å². The monoisotopic (exact) mass is 492 g/mol. The fraction of sp³-hybridized carbons (Fsp3) is 0.409. The molecule has 2 bridgehead atoms. The van der Waals surface area contributed by atoms with Crippen LogP contribution in [0.4, 0.5) is 13.2 Å². The summed E-state index contributed by atoms with van der Waals surface area (Å²) < 4.78 is 39.8. The highest BCUT2D eigenvalue weighted by atomic mass is 35.5. The van der Waals surface area contributed by atoms with Gasteiger partial charge in [0.1, 0.15) is 0 Å². The summed E-state index contributed by atoms with van der Waals surface area (Å²) in [4.78, 5) is 15.5. The maximum Gasteiger partial charge on any atom is 0.417 e. The number of hydrogen-bond acceptors (Lipinski definition) is 2. The van der Waals surface area contributed by atoms with Gasteiger partial charge >= 0.3 is 6.18 Å². The number of carbonyl (C=O) groups excluding carboxylic acids is 1. The van der Waals surface area contributed by atoms with E-state index in [4.69, 9.17) is 23.2 Å². The molecule has 3 heterocycles. The molecule has 2 aromatic rings. The number of halogens is 6. The van der Waals surface area contributed by atoms with E-state index in [0.717, 1.165) is 50.0 Å². The summed E-state index contributed by atoms with van der Waals surface area (Å²) in [5.74, 6) is -0.101. The molecule has 2 atom stereocenters. The van der Waals surface area contributed by atoms with Crippen LogP contribution in [-0.2, 0) is 6.18 Å². The third-order valence-corrected chi connectivity index (χ3v) is 6.85. The van der Waals surface area contributed by atoms with Crippen molar-refractivity contribution in [1.29, 1.82) is 0 Å². The van der Waals surface area contributed by atoms with Gasteiger partial charge in [0, 0.05) is 6.04 Å². The Morgan fingerprint density at radius 2 is 1.71 bits per heavy atom. The number of nitrogens with one attached hydrogen (secondary N) is 1. The Hall–Kier alpha value is -1.47. The summed E-state index contributed by atoms with van der Waals surface area (Å²) in [5.41, 5.74) is -0.511. The van der Waals surface area contributed by atoms with Crippen LogP contribution in [0.3, 0.4) is 0 Å². The average Bonchev–Trinajstić information content (AvgIpc) is 2.72. The van der Waals surface area contributed by atoms with Crippen LogP contribution >= 0.6 is 35.6 Å². The van der Waals surface area contributed by atoms with Gasteiger partial charge in [-0.3, -0.25) is 9.69 Å². The second-order valence-electron chi connectivity index (χ2n) is 7.93. The Bertz CT molecular complexity index is 932. The minimum atomic E-state index is -4.68. The predicted octanol–water partition coefficient (Wildman–Crippen LogP) is 6.39. The van der Waals surface area contributed by atoms with Crippen molar-refractivity contribution < 1.29 is 18.0 Å². The van der Waals surface area contributed by atoms with Gasteiger partial charge in [-0.15, -0.1) is 12.4 Å². The van der Waals surface area contributed by atoms with Crippen molar-refractivity contribution in [2.24, 2.45) is 5.92 Å². The van der Waals surface area contributed by atoms with Crippen molar-refractivity contribution in [3.63, 3.8) is 0 Å². The van der Waals surface area contributed by atoms with Gasteiger partial charge in [-0.25, -0.2) is 0 Å². The molecule has 1 N–H and O–H groups in total. The number of hydrogen-bond donors (Lipinski definition) is 1. The maximum absolute atomic E-state index is 13.3. The third kappa shape index (κ3) is 4.98. The molecular weight excluding hydrogens is 472 g/mol. The second-order valence-corrected chi connectivity index (χ2v) is 8.71. The van der Waals surface area contributed by atoms with E-state index >= 15 is 0 Å². The molecule has 3 fully saturated rings. The van der Waals surface area contributed by atoms with Crippen molar-refractivity contribution >= 4 is 41.5 Å². The minimum Gasteiger partial charge on any atom is -0.344 e. The molecular formula is C22H22Cl3F3N2O. The van der Waals surface area contributed by atoms with Crippen LogP contribution in [0.2, 0.25) is 10.0 Å². The molecule has 2 aromatic carbocycles. The minimum absolute atomic E-state index is 0. The molecule has 3 aliphatic rings. The van der Waals surface area contributed by atoms with Gasteiger partial charge in [0.2, 0.25) is 0 Å². The summed E-state index contributed by atoms with van der Waals surface area (Å²) in [6, 6.07) is 11.1. The molecule has 3 nitrogen and oxygen atoms in total. The van der Waals surface area contributed by atoms with Gasteiger partial charge < -0.3 is 5.32 Å². The summed E-state index contributed by atoms with van der Waals surface area (Å²) in [7, 11) is 0. The first kappa shape index (κ1) is 24.2. The molecule has 31 heavy (non-hydrogen) atoms. The first-order valence-electron chi connectivity index (χ1n) is 9.90. The predicted molar refractivity (Wildman–Crippen MR) is 118 cm³/mol. The van der Waals surface area contributed by atoms with E-state index in [0.29, 0.717) is 5.92 Å². The standard InChI is InChI=1S/C22H21Cl2F3N2O.ClH/c23-16-7-6-15(22(25,26)27)19(24)18(16)21(30)28-20(14-4-2-1-3-5-14)17-12-13-8-10-29(17)11-9-13;/h1-7,13,17,20H,8-12H2,(H,28,30);1H. The third-order valence-electron chi connectivity index (χ3n) is 6.15. The first-order valence-corrected chi connectivity index (χ1v) is 10.7. The second kappa shape index (κ2) is 9.57. The molecule has 5 rings (SSSR count). The molecule has 3 aliphatic heterocycles. The quantitative estimate of drug-likeness (QED) is 0.535. The number of piperidine rings is 3. The first-order chi connectivity index (χ1) is 14.3. The number of benzene rings is 2. The van der Waals surface area contributed by atoms with Crippen molar-refractivity contribution in [1.82, 2.24) is 10.2 Å². The molecule has 0 radical (unpaired) electrons. The SMILES string of the molecule is Cl.O=C(NC(c1ccccc1)C1CC2CCN1CC2)c1c(Cl)ccc(C(F)(F)F)c1Cl. The lowest BCUT2D eigenvalue weighted by atomic mass is 9.79. The van der Waals surface area contributed by atoms with E-state index in [1.54, 1.807) is 0 Å². The highest BCUT2D eigenvalue weighted by molar-refractivity contribution is 6.40. The number of nitrogens with zero attached hydrogens (tertiary/aromatic N) is 1. The normalized spacial score (nSPS) is 23.7. The Balaban J connectivity index is 0.00000272. The van der Waals surface area contributed by atoms with Gasteiger partial charge in [-0.05, 0) is 56.0 Å². The number of carbonyl (C=O) groups is 1. The average molecular weight is 494 g/mol. The molecule has 0 aliphatic carbocycles. The molecule has 0 spiro atoms. The number of rotatable bonds is 4. The van der Waals surface area contributed by atoms with Crippen LogP contribution < -0.4 is 5.32 Å². The topological polar surface area (TPSA) is 32.3 Å². The zero-order chi connectivity index (χ0) is 21.5. The highest BCUT2D eigenvalue weighted by Gasteiger charge is 2.40. The lowest BCUT2D eigenvalue weighted by Crippen LogP contribution is -2.54. The van der Waals surface area contributed by atoms with Crippen molar-refractivity contribution in [3.8, 4) is 0 Å². The van der Waals surface area contributed by atoms with E-state index in [2.05, 4.69) is 10.2 Å². The fourth-order valence-corrected chi connectivity index (χ4v) is 5.26. The Morgan fingerprint density at radius 1 is 1.06 bits per heavy atom. The molecule has 1 amide bonds. The van der Waals surface area contributed by atoms with Gasteiger partial charge in [0.25, 0.3) is 5.91 Å². The van der Waals surface area contributed by atoms with Crippen LogP contribution in [0.15, 0.2) is 42.5 Å². The highest BCUT2D eigenvalue weighted by Crippen LogP contribution is 2.40. The molecule has 0 aromatic heterocycles. The smallest absolute Gasteiger partial charge is 0.344 e. The summed E-state index contributed by atoms with van der Waals surface area (Å²) in [6.07, 6.45) is -1.47. The largest absolute Gasteiger partial charge is 0.417 e. The van der Waals surface area contributed by atoms with Crippen LogP contribution in [0.1, 0.15) is 46.8 Å². The van der Waals surface area contributed by atoms with Gasteiger partial charge in [0.15, 0.2) is 0 Å². The number of amides is 1. The zero-order valence-electron chi connectivity index (χ0n) is 16.5. The Morgan fingerprint density at radius 3 is 2.26 bits per heavy atom. The Kier molecular flexibility index (Phi) is 7.47. The van der Waals surface area contributed by atoms with Crippen LogP contribution in [0, 0.1) is 5.92 Å². The summed E-state index contributed by atoms with van der Waals surface area (Å²) in [5, 5.41) is 2.16. The maximum atomic E-state index is 13.3. The Labute approximate surface area is 195 Å². The van der Waals surface area contributed by atoms with Gasteiger partial charge in [0.05, 0.1) is 27.2 Å². The van der Waals surface area contributed by atoms with E-state index in [1.165, 1.54) is 0 Å². The summed E-state index contributed by atoms with van der Waals surface area (Å²) >= 11 is 12.1. The van der Waals surface area contributed by atoms with E-state index in [1.807, 2.05) is 30.3 Å². The zero-order valence-corrected chi connectivity index (χ0v) is 18.8. The van der Waals surface area contributed by atoms with Crippen LogP contribution in [0.5, 0.6) is 0 Å². The molecule has 3 saturated heterocycles.